The number of Topliss-reactive ketones (excluding diaryl/α,β-unsaturated/α-hetero) is 1. The van der Waals surface area contributed by atoms with Crippen molar-refractivity contribution >= 4 is 29.3 Å². The van der Waals surface area contributed by atoms with E-state index < -0.39 is 24.5 Å². The van der Waals surface area contributed by atoms with Gasteiger partial charge >= 0.3 is 5.97 Å². The third-order valence-electron chi connectivity index (χ3n) is 4.39. The number of ether oxygens (including phenoxy) is 1. The number of benzene rings is 2. The molecular formula is C23H26N2O5. The summed E-state index contributed by atoms with van der Waals surface area (Å²) in [5, 5.41) is 5.25. The molecule has 0 fully saturated rings. The lowest BCUT2D eigenvalue weighted by Gasteiger charge is -2.21. The number of hydrogen-bond donors (Lipinski definition) is 2. The van der Waals surface area contributed by atoms with Crippen LogP contribution in [0.1, 0.15) is 47.1 Å². The fourth-order valence-corrected chi connectivity index (χ4v) is 2.75. The van der Waals surface area contributed by atoms with Gasteiger partial charge in [-0.3, -0.25) is 14.4 Å². The van der Waals surface area contributed by atoms with Crippen molar-refractivity contribution in [2.75, 3.05) is 11.9 Å². The molecule has 1 atom stereocenters. The predicted molar refractivity (Wildman–Crippen MR) is 113 cm³/mol. The first-order valence-electron chi connectivity index (χ1n) is 9.62. The largest absolute Gasteiger partial charge is 0.454 e. The molecule has 7 nitrogen and oxygen atoms in total. The Balaban J connectivity index is 1.94. The first kappa shape index (κ1) is 22.8. The van der Waals surface area contributed by atoms with E-state index >= 15 is 0 Å². The molecule has 2 amide bonds. The van der Waals surface area contributed by atoms with E-state index in [0.717, 1.165) is 5.56 Å². The topological polar surface area (TPSA) is 102 Å². The average molecular weight is 410 g/mol. The van der Waals surface area contributed by atoms with Crippen LogP contribution >= 0.6 is 0 Å². The molecule has 30 heavy (non-hydrogen) atoms. The number of rotatable bonds is 8. The molecule has 0 spiro atoms. The minimum absolute atomic E-state index is 0.123. The van der Waals surface area contributed by atoms with Crippen LogP contribution in [-0.4, -0.2) is 36.2 Å². The lowest BCUT2D eigenvalue weighted by atomic mass is 10.0. The van der Waals surface area contributed by atoms with Crippen LogP contribution in [0, 0.1) is 12.8 Å². The zero-order valence-corrected chi connectivity index (χ0v) is 17.5. The SMILES string of the molecule is CC(=O)c1cccc(NC(=O)COC(=O)[C@H](NC(=O)c2cccc(C)c2)C(C)C)c1. The highest BCUT2D eigenvalue weighted by molar-refractivity contribution is 5.99. The van der Waals surface area contributed by atoms with Crippen LogP contribution in [0.15, 0.2) is 48.5 Å². The van der Waals surface area contributed by atoms with Crippen molar-refractivity contribution in [3.63, 3.8) is 0 Å². The van der Waals surface area contributed by atoms with Gasteiger partial charge in [-0.2, -0.15) is 0 Å². The second-order valence-corrected chi connectivity index (χ2v) is 7.36. The number of hydrogen-bond acceptors (Lipinski definition) is 5. The Morgan fingerprint density at radius 2 is 1.63 bits per heavy atom. The van der Waals surface area contributed by atoms with E-state index in [1.165, 1.54) is 6.92 Å². The van der Waals surface area contributed by atoms with Crippen LogP contribution in [0.3, 0.4) is 0 Å². The Hall–Kier alpha value is -3.48. The maximum Gasteiger partial charge on any atom is 0.329 e. The minimum Gasteiger partial charge on any atom is -0.454 e. The van der Waals surface area contributed by atoms with E-state index in [0.29, 0.717) is 16.8 Å². The summed E-state index contributed by atoms with van der Waals surface area (Å²) < 4.78 is 5.11. The van der Waals surface area contributed by atoms with Crippen LogP contribution in [0.4, 0.5) is 5.69 Å². The summed E-state index contributed by atoms with van der Waals surface area (Å²) in [5.41, 5.74) is 2.26. The fourth-order valence-electron chi connectivity index (χ4n) is 2.75. The van der Waals surface area contributed by atoms with Crippen molar-refractivity contribution in [1.29, 1.82) is 0 Å². The highest BCUT2D eigenvalue weighted by Gasteiger charge is 2.26. The zero-order chi connectivity index (χ0) is 22.3. The molecule has 0 aromatic heterocycles. The maximum atomic E-state index is 12.5. The van der Waals surface area contributed by atoms with Crippen molar-refractivity contribution in [2.24, 2.45) is 5.92 Å². The Morgan fingerprint density at radius 1 is 0.967 bits per heavy atom. The molecule has 2 rings (SSSR count). The Morgan fingerprint density at radius 3 is 2.27 bits per heavy atom. The number of esters is 1. The molecule has 0 bridgehead atoms. The lowest BCUT2D eigenvalue weighted by Crippen LogP contribution is -2.46. The van der Waals surface area contributed by atoms with E-state index in [2.05, 4.69) is 10.6 Å². The summed E-state index contributed by atoms with van der Waals surface area (Å²) in [6.45, 7) is 6.34. The highest BCUT2D eigenvalue weighted by atomic mass is 16.5. The summed E-state index contributed by atoms with van der Waals surface area (Å²) in [6.07, 6.45) is 0. The van der Waals surface area contributed by atoms with E-state index in [1.54, 1.807) is 56.3 Å². The van der Waals surface area contributed by atoms with Crippen molar-refractivity contribution in [1.82, 2.24) is 5.32 Å². The van der Waals surface area contributed by atoms with Gasteiger partial charge in [0.05, 0.1) is 0 Å². The molecular weight excluding hydrogens is 384 g/mol. The van der Waals surface area contributed by atoms with Gasteiger partial charge in [-0.05, 0) is 44.0 Å². The third kappa shape index (κ3) is 6.55. The van der Waals surface area contributed by atoms with Crippen LogP contribution in [0.25, 0.3) is 0 Å². The molecule has 158 valence electrons. The second-order valence-electron chi connectivity index (χ2n) is 7.36. The first-order chi connectivity index (χ1) is 14.2. The average Bonchev–Trinajstić information content (AvgIpc) is 2.70. The van der Waals surface area contributed by atoms with Crippen molar-refractivity contribution in [3.8, 4) is 0 Å². The molecule has 0 aliphatic rings. The number of carbonyl (C=O) groups excluding carboxylic acids is 4. The Labute approximate surface area is 175 Å². The van der Waals surface area contributed by atoms with E-state index in [4.69, 9.17) is 4.74 Å². The number of aryl methyl sites for hydroxylation is 1. The molecule has 0 radical (unpaired) electrons. The Kier molecular flexibility index (Phi) is 7.86. The van der Waals surface area contributed by atoms with Gasteiger partial charge in [0.2, 0.25) is 0 Å². The van der Waals surface area contributed by atoms with Crippen LogP contribution < -0.4 is 10.6 Å². The number of anilines is 1. The van der Waals surface area contributed by atoms with Gasteiger partial charge in [-0.15, -0.1) is 0 Å². The molecule has 0 unspecified atom stereocenters. The molecule has 2 N–H and O–H groups in total. The molecule has 0 aliphatic heterocycles. The predicted octanol–water partition coefficient (Wildman–Crippen LogP) is 3.13. The monoisotopic (exact) mass is 410 g/mol. The standard InChI is InChI=1S/C23H26N2O5/c1-14(2)21(25-22(28)18-9-5-7-15(3)11-18)23(29)30-13-20(27)24-19-10-6-8-17(12-19)16(4)26/h5-12,14,21H,13H2,1-4H3,(H,24,27)(H,25,28)/t21-/m1/s1. The van der Waals surface area contributed by atoms with E-state index in [9.17, 15) is 19.2 Å². The smallest absolute Gasteiger partial charge is 0.329 e. The lowest BCUT2D eigenvalue weighted by molar-refractivity contribution is -0.150. The van der Waals surface area contributed by atoms with Gasteiger partial charge in [-0.1, -0.05) is 43.7 Å². The van der Waals surface area contributed by atoms with Crippen LogP contribution in [-0.2, 0) is 14.3 Å². The molecule has 7 heteroatoms. The van der Waals surface area contributed by atoms with Gasteiger partial charge in [0.15, 0.2) is 12.4 Å². The first-order valence-corrected chi connectivity index (χ1v) is 9.62. The zero-order valence-electron chi connectivity index (χ0n) is 17.5. The molecule has 0 saturated heterocycles. The van der Waals surface area contributed by atoms with Gasteiger partial charge in [0, 0.05) is 16.8 Å². The molecule has 0 heterocycles. The van der Waals surface area contributed by atoms with Crippen LogP contribution in [0.2, 0.25) is 0 Å². The summed E-state index contributed by atoms with van der Waals surface area (Å²) >= 11 is 0. The number of carbonyl (C=O) groups is 4. The molecule has 2 aromatic carbocycles. The summed E-state index contributed by atoms with van der Waals surface area (Å²) in [4.78, 5) is 48.5. The van der Waals surface area contributed by atoms with Crippen molar-refractivity contribution < 1.29 is 23.9 Å². The quantitative estimate of drug-likeness (QED) is 0.514. The number of amides is 2. The summed E-state index contributed by atoms with van der Waals surface area (Å²) in [5.74, 6) is -1.99. The highest BCUT2D eigenvalue weighted by Crippen LogP contribution is 2.12. The maximum absolute atomic E-state index is 12.5. The van der Waals surface area contributed by atoms with Gasteiger partial charge < -0.3 is 15.4 Å². The van der Waals surface area contributed by atoms with Crippen LogP contribution in [0.5, 0.6) is 0 Å². The third-order valence-corrected chi connectivity index (χ3v) is 4.39. The minimum atomic E-state index is -0.896. The normalized spacial score (nSPS) is 11.5. The van der Waals surface area contributed by atoms with Gasteiger partial charge in [0.1, 0.15) is 6.04 Å². The molecule has 0 aliphatic carbocycles. The van der Waals surface area contributed by atoms with Gasteiger partial charge in [-0.25, -0.2) is 4.79 Å². The van der Waals surface area contributed by atoms with Crippen molar-refractivity contribution in [2.45, 2.75) is 33.7 Å². The summed E-state index contributed by atoms with van der Waals surface area (Å²) in [6, 6.07) is 12.6. The number of ketones is 1. The molecule has 2 aromatic rings. The second kappa shape index (κ2) is 10.3. The molecule has 0 saturated carbocycles. The summed E-state index contributed by atoms with van der Waals surface area (Å²) in [7, 11) is 0. The number of nitrogens with one attached hydrogen (secondary N) is 2. The fraction of sp³-hybridized carbons (Fsp3) is 0.304. The Bertz CT molecular complexity index is 952. The van der Waals surface area contributed by atoms with E-state index in [1.807, 2.05) is 13.0 Å². The van der Waals surface area contributed by atoms with E-state index in [-0.39, 0.29) is 17.6 Å². The van der Waals surface area contributed by atoms with Gasteiger partial charge in [0.25, 0.3) is 11.8 Å². The van der Waals surface area contributed by atoms with Crippen molar-refractivity contribution in [3.05, 3.63) is 65.2 Å².